The molecule has 5 heteroatoms. The van der Waals surface area contributed by atoms with Gasteiger partial charge in [0.2, 0.25) is 0 Å². The second-order valence-corrected chi connectivity index (χ2v) is 2.90. The van der Waals surface area contributed by atoms with E-state index in [0.29, 0.717) is 0 Å². The van der Waals surface area contributed by atoms with Crippen LogP contribution in [0.15, 0.2) is 12.1 Å². The molecule has 72 valence electrons. The summed E-state index contributed by atoms with van der Waals surface area (Å²) in [6.07, 6.45) is 0. The number of alkyl halides is 1. The molecule has 0 aliphatic heterocycles. The zero-order chi connectivity index (χ0) is 10.7. The van der Waals surface area contributed by atoms with E-state index in [1.807, 2.05) is 0 Å². The number of Topliss-reactive ketones (excluding diaryl/α,β-unsaturated/α-hetero) is 1. The van der Waals surface area contributed by atoms with Crippen LogP contribution in [-0.4, -0.2) is 16.8 Å². The zero-order valence-corrected chi connectivity index (χ0v) is 7.88. The summed E-state index contributed by atoms with van der Waals surface area (Å²) < 4.78 is 0. The van der Waals surface area contributed by atoms with Crippen LogP contribution in [0.25, 0.3) is 0 Å². The molecule has 0 atom stereocenters. The second kappa shape index (κ2) is 3.99. The Labute approximate surface area is 85.5 Å². The SMILES string of the molecule is N#Cc1c(O)cc(N)cc1C(=O)CCl. The van der Waals surface area contributed by atoms with Crippen LogP contribution in [0.5, 0.6) is 5.75 Å². The molecule has 0 fully saturated rings. The van der Waals surface area contributed by atoms with Crippen LogP contribution in [0.1, 0.15) is 15.9 Å². The molecule has 0 aliphatic carbocycles. The van der Waals surface area contributed by atoms with Gasteiger partial charge in [-0.2, -0.15) is 5.26 Å². The van der Waals surface area contributed by atoms with E-state index in [-0.39, 0.29) is 28.4 Å². The summed E-state index contributed by atoms with van der Waals surface area (Å²) in [4.78, 5) is 11.2. The second-order valence-electron chi connectivity index (χ2n) is 2.63. The lowest BCUT2D eigenvalue weighted by Crippen LogP contribution is -2.04. The molecule has 0 unspecified atom stereocenters. The van der Waals surface area contributed by atoms with Gasteiger partial charge in [0.15, 0.2) is 5.78 Å². The first-order valence-electron chi connectivity index (χ1n) is 3.72. The number of nitriles is 1. The molecule has 0 radical (unpaired) electrons. The number of nitrogen functional groups attached to an aromatic ring is 1. The molecule has 1 aromatic carbocycles. The van der Waals surface area contributed by atoms with Crippen molar-refractivity contribution in [3.8, 4) is 11.8 Å². The summed E-state index contributed by atoms with van der Waals surface area (Å²) in [5.74, 6) is -0.996. The Morgan fingerprint density at radius 3 is 2.79 bits per heavy atom. The zero-order valence-electron chi connectivity index (χ0n) is 7.12. The van der Waals surface area contributed by atoms with Gasteiger partial charge in [-0.05, 0) is 6.07 Å². The summed E-state index contributed by atoms with van der Waals surface area (Å²) in [5.41, 5.74) is 5.59. The van der Waals surface area contributed by atoms with Gasteiger partial charge in [0.05, 0.1) is 5.88 Å². The average Bonchev–Trinajstić information content (AvgIpc) is 2.15. The molecule has 14 heavy (non-hydrogen) atoms. The van der Waals surface area contributed by atoms with Crippen LogP contribution >= 0.6 is 11.6 Å². The van der Waals surface area contributed by atoms with Gasteiger partial charge in [0, 0.05) is 17.3 Å². The Hall–Kier alpha value is -1.73. The normalized spacial score (nSPS) is 9.43. The Bertz CT molecular complexity index is 424. The van der Waals surface area contributed by atoms with Crippen molar-refractivity contribution >= 4 is 23.1 Å². The number of phenols is 1. The van der Waals surface area contributed by atoms with Crippen molar-refractivity contribution in [2.45, 2.75) is 0 Å². The third-order valence-corrected chi connectivity index (χ3v) is 1.92. The first kappa shape index (κ1) is 10.4. The highest BCUT2D eigenvalue weighted by atomic mass is 35.5. The van der Waals surface area contributed by atoms with E-state index in [9.17, 15) is 9.90 Å². The molecular weight excluding hydrogens is 204 g/mol. The predicted octanol–water partition coefficient (Wildman–Crippen LogP) is 1.27. The number of hydrogen-bond acceptors (Lipinski definition) is 4. The molecule has 0 saturated carbocycles. The van der Waals surface area contributed by atoms with Gasteiger partial charge in [0.1, 0.15) is 17.4 Å². The highest BCUT2D eigenvalue weighted by molar-refractivity contribution is 6.30. The summed E-state index contributed by atoms with van der Waals surface area (Å²) in [5, 5.41) is 18.0. The number of halogens is 1. The van der Waals surface area contributed by atoms with E-state index in [0.717, 1.165) is 0 Å². The molecule has 0 spiro atoms. The molecule has 1 rings (SSSR count). The fourth-order valence-corrected chi connectivity index (χ4v) is 1.20. The van der Waals surface area contributed by atoms with Crippen LogP contribution in [0.4, 0.5) is 5.69 Å². The lowest BCUT2D eigenvalue weighted by Gasteiger charge is -2.04. The number of benzene rings is 1. The van der Waals surface area contributed by atoms with Gasteiger partial charge in [-0.3, -0.25) is 4.79 Å². The summed E-state index contributed by atoms with van der Waals surface area (Å²) in [6, 6.07) is 4.26. The quantitative estimate of drug-likeness (QED) is 0.437. The van der Waals surface area contributed by atoms with E-state index in [1.165, 1.54) is 12.1 Å². The topological polar surface area (TPSA) is 87.1 Å². The molecule has 3 N–H and O–H groups in total. The minimum atomic E-state index is -0.439. The Kier molecular flexibility index (Phi) is 2.95. The molecule has 0 aromatic heterocycles. The fourth-order valence-electron chi connectivity index (χ4n) is 1.06. The third-order valence-electron chi connectivity index (χ3n) is 1.67. The highest BCUT2D eigenvalue weighted by Gasteiger charge is 2.14. The van der Waals surface area contributed by atoms with Gasteiger partial charge in [-0.15, -0.1) is 11.6 Å². The van der Waals surface area contributed by atoms with Gasteiger partial charge < -0.3 is 10.8 Å². The molecule has 0 amide bonds. The lowest BCUT2D eigenvalue weighted by atomic mass is 10.0. The van der Waals surface area contributed by atoms with Crippen LogP contribution < -0.4 is 5.73 Å². The maximum Gasteiger partial charge on any atom is 0.179 e. The van der Waals surface area contributed by atoms with Crippen molar-refractivity contribution in [3.05, 3.63) is 23.3 Å². The molecule has 0 heterocycles. The molecule has 0 saturated heterocycles. The van der Waals surface area contributed by atoms with E-state index in [4.69, 9.17) is 22.6 Å². The average molecular weight is 211 g/mol. The standard InChI is InChI=1S/C9H7ClN2O2/c10-3-9(14)6-1-5(12)2-8(13)7(6)4-11/h1-2,13H,3,12H2. The van der Waals surface area contributed by atoms with Crippen LogP contribution in [0, 0.1) is 11.3 Å². The van der Waals surface area contributed by atoms with Gasteiger partial charge in [-0.25, -0.2) is 0 Å². The largest absolute Gasteiger partial charge is 0.506 e. The van der Waals surface area contributed by atoms with Gasteiger partial charge in [0.25, 0.3) is 0 Å². The number of aromatic hydroxyl groups is 1. The van der Waals surface area contributed by atoms with E-state index < -0.39 is 5.78 Å². The molecule has 4 nitrogen and oxygen atoms in total. The number of nitrogens with two attached hydrogens (primary N) is 1. The van der Waals surface area contributed by atoms with Crippen LogP contribution in [0.2, 0.25) is 0 Å². The van der Waals surface area contributed by atoms with Crippen molar-refractivity contribution < 1.29 is 9.90 Å². The number of rotatable bonds is 2. The maximum absolute atomic E-state index is 11.2. The van der Waals surface area contributed by atoms with Crippen LogP contribution in [-0.2, 0) is 0 Å². The Morgan fingerprint density at radius 1 is 1.64 bits per heavy atom. The molecule has 1 aromatic rings. The van der Waals surface area contributed by atoms with Gasteiger partial charge in [-0.1, -0.05) is 0 Å². The number of carbonyl (C=O) groups is 1. The van der Waals surface area contributed by atoms with Crippen molar-refractivity contribution in [2.75, 3.05) is 11.6 Å². The summed E-state index contributed by atoms with van der Waals surface area (Å²) >= 11 is 5.34. The molecular formula is C9H7ClN2O2. The summed E-state index contributed by atoms with van der Waals surface area (Å²) in [6.45, 7) is 0. The van der Waals surface area contributed by atoms with Crippen molar-refractivity contribution in [1.82, 2.24) is 0 Å². The molecule has 0 bridgehead atoms. The lowest BCUT2D eigenvalue weighted by molar-refractivity contribution is 0.102. The highest BCUT2D eigenvalue weighted by Crippen LogP contribution is 2.24. The third kappa shape index (κ3) is 1.78. The smallest absolute Gasteiger partial charge is 0.179 e. The maximum atomic E-state index is 11.2. The van der Waals surface area contributed by atoms with E-state index >= 15 is 0 Å². The fraction of sp³-hybridized carbons (Fsp3) is 0.111. The van der Waals surface area contributed by atoms with Crippen molar-refractivity contribution in [2.24, 2.45) is 0 Å². The van der Waals surface area contributed by atoms with Crippen molar-refractivity contribution in [3.63, 3.8) is 0 Å². The number of phenolic OH excluding ortho intramolecular Hbond substituents is 1. The van der Waals surface area contributed by atoms with E-state index in [1.54, 1.807) is 6.07 Å². The number of hydrogen-bond donors (Lipinski definition) is 2. The monoisotopic (exact) mass is 210 g/mol. The summed E-state index contributed by atoms with van der Waals surface area (Å²) in [7, 11) is 0. The predicted molar refractivity (Wildman–Crippen MR) is 52.3 cm³/mol. The molecule has 0 aliphatic rings. The van der Waals surface area contributed by atoms with E-state index in [2.05, 4.69) is 0 Å². The number of carbonyl (C=O) groups excluding carboxylic acids is 1. The van der Waals surface area contributed by atoms with Crippen molar-refractivity contribution in [1.29, 1.82) is 5.26 Å². The Morgan fingerprint density at radius 2 is 2.29 bits per heavy atom. The number of nitrogens with zero attached hydrogens (tertiary/aromatic N) is 1. The first-order chi connectivity index (χ1) is 6.60. The Balaban J connectivity index is 3.41. The first-order valence-corrected chi connectivity index (χ1v) is 4.25. The van der Waals surface area contributed by atoms with Crippen LogP contribution in [0.3, 0.4) is 0 Å². The van der Waals surface area contributed by atoms with Gasteiger partial charge >= 0.3 is 0 Å². The number of anilines is 1. The minimum absolute atomic E-state index is 0.0556. The minimum Gasteiger partial charge on any atom is -0.506 e. The number of ketones is 1.